The lowest BCUT2D eigenvalue weighted by atomic mass is 10.0. The fourth-order valence-electron chi connectivity index (χ4n) is 2.68. The van der Waals surface area contributed by atoms with Gasteiger partial charge in [-0.1, -0.05) is 48.5 Å². The van der Waals surface area contributed by atoms with E-state index in [1.165, 1.54) is 33.3 Å². The van der Waals surface area contributed by atoms with Crippen LogP contribution in [0.4, 0.5) is 0 Å². The molecule has 0 saturated carbocycles. The van der Waals surface area contributed by atoms with Gasteiger partial charge in [0.25, 0.3) is 0 Å². The van der Waals surface area contributed by atoms with Crippen LogP contribution in [0.3, 0.4) is 0 Å². The van der Waals surface area contributed by atoms with Gasteiger partial charge in [-0.3, -0.25) is 0 Å². The molecule has 1 nitrogen and oxygen atoms in total. The summed E-state index contributed by atoms with van der Waals surface area (Å²) in [7, 11) is 0. The highest BCUT2D eigenvalue weighted by molar-refractivity contribution is 5.87. The van der Waals surface area contributed by atoms with Crippen LogP contribution in [-0.4, -0.2) is 4.98 Å². The summed E-state index contributed by atoms with van der Waals surface area (Å²) in [6.07, 6.45) is 2.18. The molecule has 0 aliphatic carbocycles. The van der Waals surface area contributed by atoms with E-state index in [0.717, 1.165) is 12.8 Å². The van der Waals surface area contributed by atoms with E-state index in [2.05, 4.69) is 67.4 Å². The van der Waals surface area contributed by atoms with E-state index < -0.39 is 0 Å². The predicted octanol–water partition coefficient (Wildman–Crippen LogP) is 4.57. The third kappa shape index (κ3) is 2.28. The number of benzene rings is 2. The standard InChI is InChI=1S/C18H19N/c1-13-14(2)19-18-16(9-6-10-17(13)18)12-11-15-7-4-3-5-8-15/h3-10,19H,11-12H2,1-2H3. The number of aromatic amines is 1. The topological polar surface area (TPSA) is 15.8 Å². The molecule has 0 atom stereocenters. The van der Waals surface area contributed by atoms with Crippen molar-refractivity contribution < 1.29 is 0 Å². The predicted molar refractivity (Wildman–Crippen MR) is 81.6 cm³/mol. The van der Waals surface area contributed by atoms with E-state index >= 15 is 0 Å². The first-order valence-electron chi connectivity index (χ1n) is 6.86. The maximum Gasteiger partial charge on any atom is 0.0491 e. The fraction of sp³-hybridized carbons (Fsp3) is 0.222. The number of para-hydroxylation sites is 1. The third-order valence-electron chi connectivity index (χ3n) is 3.96. The lowest BCUT2D eigenvalue weighted by Gasteiger charge is -2.04. The van der Waals surface area contributed by atoms with Crippen LogP contribution in [0.5, 0.6) is 0 Å². The molecule has 0 bridgehead atoms. The number of hydrogen-bond donors (Lipinski definition) is 1. The van der Waals surface area contributed by atoms with Gasteiger partial charge in [0.05, 0.1) is 0 Å². The number of H-pyrrole nitrogens is 1. The van der Waals surface area contributed by atoms with Gasteiger partial charge in [0.2, 0.25) is 0 Å². The zero-order valence-electron chi connectivity index (χ0n) is 11.5. The second-order valence-electron chi connectivity index (χ2n) is 5.20. The van der Waals surface area contributed by atoms with Crippen molar-refractivity contribution >= 4 is 10.9 Å². The van der Waals surface area contributed by atoms with Crippen molar-refractivity contribution in [3.05, 3.63) is 70.9 Å². The summed E-state index contributed by atoms with van der Waals surface area (Å²) in [5, 5.41) is 1.36. The first kappa shape index (κ1) is 12.0. The van der Waals surface area contributed by atoms with Crippen LogP contribution >= 0.6 is 0 Å². The first-order chi connectivity index (χ1) is 9.25. The maximum atomic E-state index is 3.53. The van der Waals surface area contributed by atoms with Crippen LogP contribution in [0.25, 0.3) is 10.9 Å². The van der Waals surface area contributed by atoms with Crippen molar-refractivity contribution in [2.45, 2.75) is 26.7 Å². The van der Waals surface area contributed by atoms with Gasteiger partial charge in [-0.05, 0) is 43.4 Å². The number of nitrogens with one attached hydrogen (secondary N) is 1. The monoisotopic (exact) mass is 249 g/mol. The van der Waals surface area contributed by atoms with E-state index in [1.54, 1.807) is 0 Å². The van der Waals surface area contributed by atoms with E-state index in [4.69, 9.17) is 0 Å². The SMILES string of the molecule is Cc1[nH]c2c(CCc3ccccc3)cccc2c1C. The molecule has 0 saturated heterocycles. The highest BCUT2D eigenvalue weighted by Gasteiger charge is 2.07. The Balaban J connectivity index is 1.91. The van der Waals surface area contributed by atoms with Gasteiger partial charge in [0.1, 0.15) is 0 Å². The maximum absolute atomic E-state index is 3.53. The second kappa shape index (κ2) is 4.93. The molecule has 3 aromatic rings. The van der Waals surface area contributed by atoms with E-state index in [1.807, 2.05) is 0 Å². The third-order valence-corrected chi connectivity index (χ3v) is 3.96. The quantitative estimate of drug-likeness (QED) is 0.700. The minimum atomic E-state index is 1.08. The molecule has 0 amide bonds. The van der Waals surface area contributed by atoms with Crippen LogP contribution in [0.1, 0.15) is 22.4 Å². The van der Waals surface area contributed by atoms with Crippen molar-refractivity contribution in [3.63, 3.8) is 0 Å². The zero-order valence-corrected chi connectivity index (χ0v) is 11.5. The Kier molecular flexibility index (Phi) is 3.12. The van der Waals surface area contributed by atoms with E-state index in [-0.39, 0.29) is 0 Å². The molecular weight excluding hydrogens is 230 g/mol. The average Bonchev–Trinajstić information content (AvgIpc) is 2.74. The van der Waals surface area contributed by atoms with Crippen molar-refractivity contribution in [1.29, 1.82) is 0 Å². The molecule has 96 valence electrons. The van der Waals surface area contributed by atoms with Crippen LogP contribution in [-0.2, 0) is 12.8 Å². The zero-order chi connectivity index (χ0) is 13.2. The molecule has 1 heteroatoms. The van der Waals surface area contributed by atoms with E-state index in [9.17, 15) is 0 Å². The first-order valence-corrected chi connectivity index (χ1v) is 6.86. The summed E-state index contributed by atoms with van der Waals surface area (Å²) in [5.74, 6) is 0. The number of aromatic nitrogens is 1. The highest BCUT2D eigenvalue weighted by atomic mass is 14.7. The Morgan fingerprint density at radius 1 is 0.842 bits per heavy atom. The minimum absolute atomic E-state index is 1.08. The van der Waals surface area contributed by atoms with Gasteiger partial charge in [-0.15, -0.1) is 0 Å². The fourth-order valence-corrected chi connectivity index (χ4v) is 2.68. The summed E-state index contributed by atoms with van der Waals surface area (Å²) in [6, 6.07) is 17.3. The van der Waals surface area contributed by atoms with Crippen LogP contribution in [0, 0.1) is 13.8 Å². The van der Waals surface area contributed by atoms with Crippen LogP contribution in [0.2, 0.25) is 0 Å². The van der Waals surface area contributed by atoms with Gasteiger partial charge in [-0.25, -0.2) is 0 Å². The molecule has 0 radical (unpaired) electrons. The molecule has 0 aliphatic heterocycles. The molecule has 19 heavy (non-hydrogen) atoms. The second-order valence-corrected chi connectivity index (χ2v) is 5.20. The molecule has 2 aromatic carbocycles. The van der Waals surface area contributed by atoms with Crippen molar-refractivity contribution in [3.8, 4) is 0 Å². The lowest BCUT2D eigenvalue weighted by molar-refractivity contribution is 0.965. The molecular formula is C18H19N. The summed E-state index contributed by atoms with van der Waals surface area (Å²) < 4.78 is 0. The number of fused-ring (bicyclic) bond motifs is 1. The van der Waals surface area contributed by atoms with Gasteiger partial charge < -0.3 is 4.98 Å². The van der Waals surface area contributed by atoms with Crippen molar-refractivity contribution in [2.24, 2.45) is 0 Å². The molecule has 3 rings (SSSR count). The molecule has 0 unspecified atom stereocenters. The van der Waals surface area contributed by atoms with Gasteiger partial charge >= 0.3 is 0 Å². The molecule has 0 fully saturated rings. The van der Waals surface area contributed by atoms with Crippen LogP contribution in [0.15, 0.2) is 48.5 Å². The molecule has 0 aliphatic rings. The van der Waals surface area contributed by atoms with Gasteiger partial charge in [0.15, 0.2) is 0 Å². The van der Waals surface area contributed by atoms with Crippen molar-refractivity contribution in [2.75, 3.05) is 0 Å². The summed E-state index contributed by atoms with van der Waals surface area (Å²) in [4.78, 5) is 3.53. The number of hydrogen-bond acceptors (Lipinski definition) is 0. The Bertz CT molecular complexity index is 692. The summed E-state index contributed by atoms with van der Waals surface area (Å²) in [6.45, 7) is 4.34. The molecule has 1 aromatic heterocycles. The summed E-state index contributed by atoms with van der Waals surface area (Å²) >= 11 is 0. The number of aryl methyl sites for hydroxylation is 4. The Labute approximate surface area is 114 Å². The molecule has 0 spiro atoms. The highest BCUT2D eigenvalue weighted by Crippen LogP contribution is 2.25. The number of rotatable bonds is 3. The van der Waals surface area contributed by atoms with Gasteiger partial charge in [0, 0.05) is 16.6 Å². The Morgan fingerprint density at radius 3 is 2.42 bits per heavy atom. The smallest absolute Gasteiger partial charge is 0.0491 e. The normalized spacial score (nSPS) is 11.1. The average molecular weight is 249 g/mol. The minimum Gasteiger partial charge on any atom is -0.358 e. The Morgan fingerprint density at radius 2 is 1.63 bits per heavy atom. The van der Waals surface area contributed by atoms with E-state index in [0.29, 0.717) is 0 Å². The summed E-state index contributed by atoms with van der Waals surface area (Å²) in [5.41, 5.74) is 6.78. The molecule has 1 heterocycles. The lowest BCUT2D eigenvalue weighted by Crippen LogP contribution is -1.92. The largest absolute Gasteiger partial charge is 0.358 e. The van der Waals surface area contributed by atoms with Crippen LogP contribution < -0.4 is 0 Å². The van der Waals surface area contributed by atoms with Gasteiger partial charge in [-0.2, -0.15) is 0 Å². The molecule has 1 N–H and O–H groups in total. The van der Waals surface area contributed by atoms with Crippen molar-refractivity contribution in [1.82, 2.24) is 4.98 Å². The Hall–Kier alpha value is -2.02.